The highest BCUT2D eigenvalue weighted by Crippen LogP contribution is 2.29. The minimum atomic E-state index is -0.420. The van der Waals surface area contributed by atoms with Gasteiger partial charge in [-0.05, 0) is 30.9 Å². The first kappa shape index (κ1) is 18.5. The Labute approximate surface area is 148 Å². The molecule has 25 heavy (non-hydrogen) atoms. The van der Waals surface area contributed by atoms with Gasteiger partial charge in [0, 0.05) is 18.1 Å². The van der Waals surface area contributed by atoms with Gasteiger partial charge in [-0.3, -0.25) is 4.79 Å². The average Bonchev–Trinajstić information content (AvgIpc) is 2.65. The molecule has 0 aromatic heterocycles. The van der Waals surface area contributed by atoms with Gasteiger partial charge in [0.2, 0.25) is 0 Å². The van der Waals surface area contributed by atoms with Crippen LogP contribution in [-0.4, -0.2) is 18.5 Å². The molecular formula is C21H22O4. The molecule has 2 aromatic carbocycles. The summed E-state index contributed by atoms with van der Waals surface area (Å²) in [6.07, 6.45) is 3.67. The minimum Gasteiger partial charge on any atom is -0.463 e. The summed E-state index contributed by atoms with van der Waals surface area (Å²) in [6, 6.07) is 17.3. The Hall–Kier alpha value is -2.88. The summed E-state index contributed by atoms with van der Waals surface area (Å²) in [5, 5.41) is 0. The number of esters is 2. The number of unbranched alkanes of at least 4 members (excludes halogenated alkanes) is 2. The predicted octanol–water partition coefficient (Wildman–Crippen LogP) is 4.55. The van der Waals surface area contributed by atoms with Crippen LogP contribution in [0.4, 0.5) is 0 Å². The Bertz CT molecular complexity index is 707. The molecule has 0 fully saturated rings. The van der Waals surface area contributed by atoms with Crippen molar-refractivity contribution < 1.29 is 19.1 Å². The van der Waals surface area contributed by atoms with Gasteiger partial charge in [0.1, 0.15) is 5.75 Å². The Morgan fingerprint density at radius 3 is 2.40 bits per heavy atom. The van der Waals surface area contributed by atoms with Crippen molar-refractivity contribution in [3.8, 4) is 16.9 Å². The zero-order chi connectivity index (χ0) is 17.9. The second kappa shape index (κ2) is 10.1. The van der Waals surface area contributed by atoms with Gasteiger partial charge in [0.25, 0.3) is 0 Å². The minimum absolute atomic E-state index is 0.258. The number of benzene rings is 2. The van der Waals surface area contributed by atoms with Gasteiger partial charge in [0.05, 0.1) is 6.61 Å². The third-order valence-electron chi connectivity index (χ3n) is 3.63. The summed E-state index contributed by atoms with van der Waals surface area (Å²) >= 11 is 0. The summed E-state index contributed by atoms with van der Waals surface area (Å²) in [6.45, 7) is 3.68. The quantitative estimate of drug-likeness (QED) is 0.291. The van der Waals surface area contributed by atoms with Crippen LogP contribution in [0.2, 0.25) is 0 Å². The average molecular weight is 338 g/mol. The molecule has 0 spiro atoms. The van der Waals surface area contributed by atoms with Crippen molar-refractivity contribution in [3.05, 3.63) is 67.3 Å². The maximum absolute atomic E-state index is 12.1. The van der Waals surface area contributed by atoms with Crippen molar-refractivity contribution in [2.24, 2.45) is 0 Å². The SMILES string of the molecule is C=CC(=O)OCCCCCC(=O)Oc1ccccc1-c1ccccc1. The van der Waals surface area contributed by atoms with E-state index < -0.39 is 5.97 Å². The highest BCUT2D eigenvalue weighted by Gasteiger charge is 2.10. The molecule has 0 bridgehead atoms. The molecule has 0 amide bonds. The molecular weight excluding hydrogens is 316 g/mol. The highest BCUT2D eigenvalue weighted by atomic mass is 16.5. The lowest BCUT2D eigenvalue weighted by Gasteiger charge is -2.10. The van der Waals surface area contributed by atoms with E-state index in [1.54, 1.807) is 6.07 Å². The van der Waals surface area contributed by atoms with E-state index in [1.165, 1.54) is 0 Å². The van der Waals surface area contributed by atoms with Gasteiger partial charge in [-0.2, -0.15) is 0 Å². The smallest absolute Gasteiger partial charge is 0.330 e. The van der Waals surface area contributed by atoms with E-state index >= 15 is 0 Å². The van der Waals surface area contributed by atoms with Gasteiger partial charge >= 0.3 is 11.9 Å². The van der Waals surface area contributed by atoms with Gasteiger partial charge in [-0.25, -0.2) is 4.79 Å². The summed E-state index contributed by atoms with van der Waals surface area (Å²) < 4.78 is 10.4. The van der Waals surface area contributed by atoms with Crippen LogP contribution in [-0.2, 0) is 14.3 Å². The zero-order valence-corrected chi connectivity index (χ0v) is 14.1. The van der Waals surface area contributed by atoms with Crippen molar-refractivity contribution in [1.29, 1.82) is 0 Å². The van der Waals surface area contributed by atoms with Gasteiger partial charge < -0.3 is 9.47 Å². The maximum atomic E-state index is 12.1. The van der Waals surface area contributed by atoms with Crippen molar-refractivity contribution in [2.45, 2.75) is 25.7 Å². The van der Waals surface area contributed by atoms with Crippen LogP contribution in [0.3, 0.4) is 0 Å². The molecule has 0 unspecified atom stereocenters. The number of rotatable bonds is 9. The van der Waals surface area contributed by atoms with Crippen molar-refractivity contribution in [3.63, 3.8) is 0 Å². The summed E-state index contributed by atoms with van der Waals surface area (Å²) in [5.41, 5.74) is 1.91. The third-order valence-corrected chi connectivity index (χ3v) is 3.63. The van der Waals surface area contributed by atoms with Crippen LogP contribution in [0.5, 0.6) is 5.75 Å². The molecule has 130 valence electrons. The number of hydrogen-bond donors (Lipinski definition) is 0. The van der Waals surface area contributed by atoms with E-state index in [4.69, 9.17) is 9.47 Å². The fraction of sp³-hybridized carbons (Fsp3) is 0.238. The fourth-order valence-electron chi connectivity index (χ4n) is 2.37. The lowest BCUT2D eigenvalue weighted by Crippen LogP contribution is -2.08. The first-order valence-corrected chi connectivity index (χ1v) is 8.35. The fourth-order valence-corrected chi connectivity index (χ4v) is 2.37. The molecule has 0 aliphatic rings. The topological polar surface area (TPSA) is 52.6 Å². The van der Waals surface area contributed by atoms with Crippen LogP contribution < -0.4 is 4.74 Å². The predicted molar refractivity (Wildman–Crippen MR) is 97.1 cm³/mol. The van der Waals surface area contributed by atoms with E-state index in [0.29, 0.717) is 31.6 Å². The Morgan fingerprint density at radius 1 is 0.920 bits per heavy atom. The number of carbonyl (C=O) groups excluding carboxylic acids is 2. The molecule has 2 rings (SSSR count). The monoisotopic (exact) mass is 338 g/mol. The summed E-state index contributed by atoms with van der Waals surface area (Å²) in [4.78, 5) is 23.0. The number of ether oxygens (including phenoxy) is 2. The molecule has 0 N–H and O–H groups in total. The Morgan fingerprint density at radius 2 is 1.64 bits per heavy atom. The van der Waals surface area contributed by atoms with E-state index in [1.807, 2.05) is 48.5 Å². The van der Waals surface area contributed by atoms with E-state index in [-0.39, 0.29) is 5.97 Å². The second-order valence-electron chi connectivity index (χ2n) is 5.52. The standard InChI is InChI=1S/C21H22O4/c1-2-20(22)24-16-10-4-7-15-21(23)25-19-14-9-8-13-18(19)17-11-5-3-6-12-17/h2-3,5-6,8-9,11-14H,1,4,7,10,15-16H2. The Kier molecular flexibility index (Phi) is 7.44. The molecule has 0 saturated heterocycles. The molecule has 0 heterocycles. The molecule has 0 aliphatic heterocycles. The van der Waals surface area contributed by atoms with Crippen LogP contribution >= 0.6 is 0 Å². The zero-order valence-electron chi connectivity index (χ0n) is 14.1. The van der Waals surface area contributed by atoms with Gasteiger partial charge in [-0.1, -0.05) is 55.1 Å². The molecule has 4 nitrogen and oxygen atoms in total. The van der Waals surface area contributed by atoms with Crippen LogP contribution in [0, 0.1) is 0 Å². The van der Waals surface area contributed by atoms with Crippen LogP contribution in [0.25, 0.3) is 11.1 Å². The van der Waals surface area contributed by atoms with E-state index in [2.05, 4.69) is 6.58 Å². The first-order valence-electron chi connectivity index (χ1n) is 8.35. The lowest BCUT2D eigenvalue weighted by atomic mass is 10.0. The normalized spacial score (nSPS) is 10.1. The van der Waals surface area contributed by atoms with Crippen molar-refractivity contribution >= 4 is 11.9 Å². The maximum Gasteiger partial charge on any atom is 0.330 e. The summed E-state index contributed by atoms with van der Waals surface area (Å²) in [7, 11) is 0. The van der Waals surface area contributed by atoms with E-state index in [9.17, 15) is 9.59 Å². The third kappa shape index (κ3) is 6.26. The van der Waals surface area contributed by atoms with Crippen molar-refractivity contribution in [2.75, 3.05) is 6.61 Å². The van der Waals surface area contributed by atoms with Crippen molar-refractivity contribution in [1.82, 2.24) is 0 Å². The number of hydrogen-bond acceptors (Lipinski definition) is 4. The molecule has 2 aromatic rings. The molecule has 0 aliphatic carbocycles. The Balaban J connectivity index is 1.80. The van der Waals surface area contributed by atoms with Gasteiger partial charge in [-0.15, -0.1) is 0 Å². The highest BCUT2D eigenvalue weighted by molar-refractivity contribution is 5.81. The summed E-state index contributed by atoms with van der Waals surface area (Å²) in [5.74, 6) is -0.109. The first-order chi connectivity index (χ1) is 12.2. The molecule has 0 radical (unpaired) electrons. The number of para-hydroxylation sites is 1. The van der Waals surface area contributed by atoms with Crippen LogP contribution in [0.1, 0.15) is 25.7 Å². The molecule has 0 saturated carbocycles. The van der Waals surface area contributed by atoms with Crippen LogP contribution in [0.15, 0.2) is 67.3 Å². The molecule has 4 heteroatoms. The lowest BCUT2D eigenvalue weighted by molar-refractivity contribution is -0.138. The molecule has 0 atom stereocenters. The van der Waals surface area contributed by atoms with E-state index in [0.717, 1.165) is 23.6 Å². The number of carbonyl (C=O) groups is 2. The van der Waals surface area contributed by atoms with Gasteiger partial charge in [0.15, 0.2) is 0 Å². The largest absolute Gasteiger partial charge is 0.463 e. The second-order valence-corrected chi connectivity index (χ2v) is 5.52.